The van der Waals surface area contributed by atoms with Gasteiger partial charge < -0.3 is 9.88 Å². The van der Waals surface area contributed by atoms with E-state index in [1.165, 1.54) is 22.6 Å². The summed E-state index contributed by atoms with van der Waals surface area (Å²) in [5.41, 5.74) is 2.29. The Hall–Kier alpha value is -2.25. The van der Waals surface area contributed by atoms with Gasteiger partial charge in [-0.2, -0.15) is 0 Å². The van der Waals surface area contributed by atoms with Crippen LogP contribution in [0.4, 0.5) is 10.1 Å². The second-order valence-corrected chi connectivity index (χ2v) is 9.74. The largest absolute Gasteiger partial charge is 0.369 e. The van der Waals surface area contributed by atoms with Gasteiger partial charge in [0.2, 0.25) is 0 Å². The number of hydrogen-bond donors (Lipinski definition) is 1. The SMILES string of the molecule is CC1CCc2c(sc3nc(C(C)N4CCN(c5ccc(F)cc5)CC4)[nH]c(=O)c23)C1. The maximum Gasteiger partial charge on any atom is 0.259 e. The molecule has 0 spiro atoms. The van der Waals surface area contributed by atoms with Gasteiger partial charge in [0, 0.05) is 36.7 Å². The molecule has 0 bridgehead atoms. The maximum atomic E-state index is 13.2. The highest BCUT2D eigenvalue weighted by Gasteiger charge is 2.27. The first kappa shape index (κ1) is 19.7. The van der Waals surface area contributed by atoms with Gasteiger partial charge in [-0.15, -0.1) is 11.3 Å². The van der Waals surface area contributed by atoms with Crippen molar-refractivity contribution >= 4 is 27.2 Å². The third-order valence-electron chi connectivity index (χ3n) is 6.63. The van der Waals surface area contributed by atoms with Crippen LogP contribution in [0.2, 0.25) is 0 Å². The zero-order chi connectivity index (χ0) is 20.8. The van der Waals surface area contributed by atoms with Crippen molar-refractivity contribution in [3.05, 3.63) is 56.7 Å². The van der Waals surface area contributed by atoms with Crippen LogP contribution in [0.3, 0.4) is 0 Å². The molecule has 0 radical (unpaired) electrons. The highest BCUT2D eigenvalue weighted by Crippen LogP contribution is 2.36. The van der Waals surface area contributed by atoms with Crippen molar-refractivity contribution in [1.29, 1.82) is 0 Å². The third kappa shape index (κ3) is 3.54. The van der Waals surface area contributed by atoms with Crippen LogP contribution >= 0.6 is 11.3 Å². The summed E-state index contributed by atoms with van der Waals surface area (Å²) in [6, 6.07) is 6.74. The van der Waals surface area contributed by atoms with Crippen LogP contribution < -0.4 is 10.5 Å². The molecule has 2 aromatic heterocycles. The monoisotopic (exact) mass is 426 g/mol. The summed E-state index contributed by atoms with van der Waals surface area (Å²) in [7, 11) is 0. The van der Waals surface area contributed by atoms with E-state index >= 15 is 0 Å². The van der Waals surface area contributed by atoms with Crippen LogP contribution in [-0.4, -0.2) is 41.0 Å². The molecule has 30 heavy (non-hydrogen) atoms. The molecule has 1 aliphatic carbocycles. The molecular formula is C23H27FN4OS. The van der Waals surface area contributed by atoms with Crippen molar-refractivity contribution < 1.29 is 4.39 Å². The van der Waals surface area contributed by atoms with E-state index in [9.17, 15) is 9.18 Å². The molecule has 3 heterocycles. The standard InChI is InChI=1S/C23H27FN4OS/c1-14-3-8-18-19(13-14)30-23-20(18)22(29)25-21(26-23)15(2)27-9-11-28(12-10-27)17-6-4-16(24)5-7-17/h4-7,14-15H,3,8-13H2,1-2H3,(H,25,26,29). The van der Waals surface area contributed by atoms with Gasteiger partial charge >= 0.3 is 0 Å². The van der Waals surface area contributed by atoms with Crippen LogP contribution in [0.15, 0.2) is 29.1 Å². The minimum Gasteiger partial charge on any atom is -0.369 e. The van der Waals surface area contributed by atoms with Crippen molar-refractivity contribution in [2.45, 2.75) is 39.2 Å². The Balaban J connectivity index is 1.34. The van der Waals surface area contributed by atoms with Crippen LogP contribution in [0.1, 0.15) is 42.6 Å². The summed E-state index contributed by atoms with van der Waals surface area (Å²) >= 11 is 1.71. The molecule has 2 aliphatic rings. The minimum absolute atomic E-state index is 0.0128. The summed E-state index contributed by atoms with van der Waals surface area (Å²) in [4.78, 5) is 27.8. The van der Waals surface area contributed by atoms with Crippen molar-refractivity contribution in [2.24, 2.45) is 5.92 Å². The molecular weight excluding hydrogens is 399 g/mol. The van der Waals surface area contributed by atoms with Gasteiger partial charge in [-0.25, -0.2) is 9.37 Å². The Labute approximate surface area is 179 Å². The number of benzene rings is 1. The van der Waals surface area contributed by atoms with Gasteiger partial charge in [-0.1, -0.05) is 6.92 Å². The Morgan fingerprint density at radius 1 is 1.20 bits per heavy atom. The predicted molar refractivity (Wildman–Crippen MR) is 120 cm³/mol. The van der Waals surface area contributed by atoms with Gasteiger partial charge in [0.05, 0.1) is 11.4 Å². The number of aromatic amines is 1. The van der Waals surface area contributed by atoms with E-state index in [-0.39, 0.29) is 17.4 Å². The molecule has 2 atom stereocenters. The van der Waals surface area contributed by atoms with E-state index in [1.807, 2.05) is 12.1 Å². The number of fused-ring (bicyclic) bond motifs is 3. The fraction of sp³-hybridized carbons (Fsp3) is 0.478. The number of nitrogens with zero attached hydrogens (tertiary/aromatic N) is 3. The molecule has 3 aromatic rings. The van der Waals surface area contributed by atoms with E-state index < -0.39 is 0 Å². The molecule has 158 valence electrons. The summed E-state index contributed by atoms with van der Waals surface area (Å²) in [6.45, 7) is 7.89. The molecule has 5 nitrogen and oxygen atoms in total. The highest BCUT2D eigenvalue weighted by molar-refractivity contribution is 7.18. The molecule has 1 saturated heterocycles. The lowest BCUT2D eigenvalue weighted by Crippen LogP contribution is -2.47. The number of anilines is 1. The number of H-pyrrole nitrogens is 1. The van der Waals surface area contributed by atoms with E-state index in [2.05, 4.69) is 28.6 Å². The maximum absolute atomic E-state index is 13.2. The number of aryl methyl sites for hydroxylation is 1. The fourth-order valence-electron chi connectivity index (χ4n) is 4.76. The number of thiophene rings is 1. The second-order valence-electron chi connectivity index (χ2n) is 8.66. The topological polar surface area (TPSA) is 52.2 Å². The normalized spacial score (nSPS) is 21.0. The minimum atomic E-state index is -0.207. The number of piperazine rings is 1. The van der Waals surface area contributed by atoms with Crippen molar-refractivity contribution in [3.8, 4) is 0 Å². The smallest absolute Gasteiger partial charge is 0.259 e. The Bertz CT molecular complexity index is 1110. The molecule has 1 N–H and O–H groups in total. The number of nitrogens with one attached hydrogen (secondary N) is 1. The quantitative estimate of drug-likeness (QED) is 0.684. The molecule has 5 rings (SSSR count). The van der Waals surface area contributed by atoms with Gasteiger partial charge in [0.1, 0.15) is 16.5 Å². The van der Waals surface area contributed by atoms with E-state index in [1.54, 1.807) is 11.3 Å². The lowest BCUT2D eigenvalue weighted by molar-refractivity contribution is 0.192. The van der Waals surface area contributed by atoms with Crippen LogP contribution in [0.5, 0.6) is 0 Å². The molecule has 0 amide bonds. The number of aromatic nitrogens is 2. The fourth-order valence-corrected chi connectivity index (χ4v) is 6.15. The van der Waals surface area contributed by atoms with Crippen LogP contribution in [0, 0.1) is 11.7 Å². The number of hydrogen-bond acceptors (Lipinski definition) is 5. The van der Waals surface area contributed by atoms with Gasteiger partial charge in [0.25, 0.3) is 5.56 Å². The average molecular weight is 427 g/mol. The molecule has 1 aromatic carbocycles. The molecule has 2 unspecified atom stereocenters. The van der Waals surface area contributed by atoms with Crippen LogP contribution in [0.25, 0.3) is 10.2 Å². The van der Waals surface area contributed by atoms with Gasteiger partial charge in [0.15, 0.2) is 0 Å². The molecule has 0 saturated carbocycles. The first-order valence-corrected chi connectivity index (χ1v) is 11.6. The summed E-state index contributed by atoms with van der Waals surface area (Å²) in [5.74, 6) is 1.23. The Kier molecular flexibility index (Phi) is 5.11. The summed E-state index contributed by atoms with van der Waals surface area (Å²) < 4.78 is 13.2. The van der Waals surface area contributed by atoms with Crippen LogP contribution in [-0.2, 0) is 12.8 Å². The lowest BCUT2D eigenvalue weighted by Gasteiger charge is -2.38. The Morgan fingerprint density at radius 3 is 2.67 bits per heavy atom. The zero-order valence-electron chi connectivity index (χ0n) is 17.4. The molecule has 7 heteroatoms. The Morgan fingerprint density at radius 2 is 1.93 bits per heavy atom. The van der Waals surface area contributed by atoms with Gasteiger partial charge in [-0.3, -0.25) is 9.69 Å². The first-order chi connectivity index (χ1) is 14.5. The van der Waals surface area contributed by atoms with Crippen molar-refractivity contribution in [3.63, 3.8) is 0 Å². The highest BCUT2D eigenvalue weighted by atomic mass is 32.1. The summed E-state index contributed by atoms with van der Waals surface area (Å²) in [5, 5.41) is 0.818. The lowest BCUT2D eigenvalue weighted by atomic mass is 9.89. The molecule has 1 aliphatic heterocycles. The summed E-state index contributed by atoms with van der Waals surface area (Å²) in [6.07, 6.45) is 3.20. The predicted octanol–water partition coefficient (Wildman–Crippen LogP) is 4.13. The van der Waals surface area contributed by atoms with E-state index in [4.69, 9.17) is 4.98 Å². The third-order valence-corrected chi connectivity index (χ3v) is 7.78. The average Bonchev–Trinajstić information content (AvgIpc) is 3.11. The molecule has 1 fully saturated rings. The van der Waals surface area contributed by atoms with Crippen molar-refractivity contribution in [1.82, 2.24) is 14.9 Å². The number of rotatable bonds is 3. The van der Waals surface area contributed by atoms with Crippen molar-refractivity contribution in [2.75, 3.05) is 31.1 Å². The van der Waals surface area contributed by atoms with E-state index in [0.29, 0.717) is 5.92 Å². The number of halogens is 1. The first-order valence-electron chi connectivity index (χ1n) is 10.8. The second kappa shape index (κ2) is 7.78. The zero-order valence-corrected chi connectivity index (χ0v) is 18.3. The van der Waals surface area contributed by atoms with Gasteiger partial charge in [-0.05, 0) is 61.9 Å². The van der Waals surface area contributed by atoms with E-state index in [0.717, 1.165) is 67.2 Å².